The van der Waals surface area contributed by atoms with Gasteiger partial charge in [-0.05, 0) is 43.6 Å². The molecule has 1 aromatic rings. The molecular formula is C18H26N2O2. The average molecular weight is 302 g/mol. The van der Waals surface area contributed by atoms with Gasteiger partial charge in [0.1, 0.15) is 0 Å². The van der Waals surface area contributed by atoms with Crippen LogP contribution >= 0.6 is 0 Å². The van der Waals surface area contributed by atoms with E-state index in [0.717, 1.165) is 51.4 Å². The summed E-state index contributed by atoms with van der Waals surface area (Å²) in [5.41, 5.74) is 1.33. The molecule has 1 N–H and O–H groups in total. The minimum atomic E-state index is 0.0607. The molecule has 2 aliphatic rings. The number of benzene rings is 1. The van der Waals surface area contributed by atoms with Gasteiger partial charge in [0.05, 0.1) is 6.10 Å². The van der Waals surface area contributed by atoms with E-state index in [1.165, 1.54) is 18.4 Å². The van der Waals surface area contributed by atoms with Gasteiger partial charge in [-0.3, -0.25) is 0 Å². The number of carbonyl (C=O) groups is 1. The topological polar surface area (TPSA) is 41.6 Å². The standard InChI is InChI=1S/C18H26N2O2/c21-18(19-11-4-7-15-5-2-1-3-6-15)20-12-10-17(13-20)22-14-16-8-9-16/h1-3,5-6,16-17H,4,7-14H2,(H,19,21). The van der Waals surface area contributed by atoms with E-state index in [-0.39, 0.29) is 12.1 Å². The Hall–Kier alpha value is -1.55. The third-order valence-corrected chi connectivity index (χ3v) is 4.46. The Morgan fingerprint density at radius 3 is 2.82 bits per heavy atom. The van der Waals surface area contributed by atoms with E-state index in [1.807, 2.05) is 11.0 Å². The highest BCUT2D eigenvalue weighted by atomic mass is 16.5. The molecule has 3 rings (SSSR count). The van der Waals surface area contributed by atoms with Crippen LogP contribution in [-0.4, -0.2) is 43.3 Å². The van der Waals surface area contributed by atoms with Crippen LogP contribution in [-0.2, 0) is 11.2 Å². The second-order valence-electron chi connectivity index (χ2n) is 6.45. The maximum Gasteiger partial charge on any atom is 0.317 e. The lowest BCUT2D eigenvalue weighted by Crippen LogP contribution is -2.39. The Bertz CT molecular complexity index is 473. The van der Waals surface area contributed by atoms with Crippen molar-refractivity contribution in [3.63, 3.8) is 0 Å². The molecule has 1 aliphatic heterocycles. The summed E-state index contributed by atoms with van der Waals surface area (Å²) in [7, 11) is 0. The van der Waals surface area contributed by atoms with Gasteiger partial charge in [-0.25, -0.2) is 4.79 Å². The van der Waals surface area contributed by atoms with Gasteiger partial charge in [0.15, 0.2) is 0 Å². The summed E-state index contributed by atoms with van der Waals surface area (Å²) in [5.74, 6) is 0.792. The van der Waals surface area contributed by atoms with Crippen LogP contribution in [0.5, 0.6) is 0 Å². The lowest BCUT2D eigenvalue weighted by atomic mass is 10.1. The van der Waals surface area contributed by atoms with Gasteiger partial charge in [0, 0.05) is 26.2 Å². The Morgan fingerprint density at radius 2 is 2.05 bits per heavy atom. The van der Waals surface area contributed by atoms with Crippen LogP contribution in [0.15, 0.2) is 30.3 Å². The number of aryl methyl sites for hydroxylation is 1. The van der Waals surface area contributed by atoms with Gasteiger partial charge < -0.3 is 15.0 Å². The van der Waals surface area contributed by atoms with Crippen LogP contribution in [0.25, 0.3) is 0 Å². The molecule has 2 amide bonds. The highest BCUT2D eigenvalue weighted by Gasteiger charge is 2.29. The summed E-state index contributed by atoms with van der Waals surface area (Å²) in [4.78, 5) is 14.0. The predicted octanol–water partition coefficient (Wildman–Crippen LogP) is 2.83. The summed E-state index contributed by atoms with van der Waals surface area (Å²) >= 11 is 0. The van der Waals surface area contributed by atoms with E-state index in [2.05, 4.69) is 29.6 Å². The smallest absolute Gasteiger partial charge is 0.317 e. The van der Waals surface area contributed by atoms with E-state index in [9.17, 15) is 4.79 Å². The number of carbonyl (C=O) groups excluding carboxylic acids is 1. The van der Waals surface area contributed by atoms with Crippen LogP contribution < -0.4 is 5.32 Å². The van der Waals surface area contributed by atoms with Crippen molar-refractivity contribution < 1.29 is 9.53 Å². The van der Waals surface area contributed by atoms with Gasteiger partial charge in [-0.15, -0.1) is 0 Å². The Kier molecular flexibility index (Phi) is 5.33. The number of hydrogen-bond acceptors (Lipinski definition) is 2. The molecule has 1 atom stereocenters. The monoisotopic (exact) mass is 302 g/mol. The minimum Gasteiger partial charge on any atom is -0.376 e. The fourth-order valence-corrected chi connectivity index (χ4v) is 2.85. The summed E-state index contributed by atoms with van der Waals surface area (Å²) in [5, 5.41) is 3.02. The molecule has 4 heteroatoms. The molecule has 4 nitrogen and oxygen atoms in total. The normalized spacial score (nSPS) is 21.1. The van der Waals surface area contributed by atoms with Crippen LogP contribution in [0.3, 0.4) is 0 Å². The molecule has 22 heavy (non-hydrogen) atoms. The first-order valence-corrected chi connectivity index (χ1v) is 8.49. The van der Waals surface area contributed by atoms with Crippen LogP contribution in [0.4, 0.5) is 4.79 Å². The summed E-state index contributed by atoms with van der Waals surface area (Å²) in [6.07, 6.45) is 5.84. The average Bonchev–Trinajstić information content (AvgIpc) is 3.26. The van der Waals surface area contributed by atoms with Gasteiger partial charge in [0.2, 0.25) is 0 Å². The number of likely N-dealkylation sites (tertiary alicyclic amines) is 1. The number of hydrogen-bond donors (Lipinski definition) is 1. The lowest BCUT2D eigenvalue weighted by molar-refractivity contribution is 0.0538. The molecule has 1 saturated carbocycles. The van der Waals surface area contributed by atoms with Crippen molar-refractivity contribution in [2.24, 2.45) is 5.92 Å². The molecule has 1 aromatic carbocycles. The highest BCUT2D eigenvalue weighted by Crippen LogP contribution is 2.29. The first kappa shape index (κ1) is 15.3. The quantitative estimate of drug-likeness (QED) is 0.787. The molecule has 0 bridgehead atoms. The molecule has 2 fully saturated rings. The summed E-state index contributed by atoms with van der Waals surface area (Å²) < 4.78 is 5.87. The van der Waals surface area contributed by atoms with Crippen LogP contribution in [0.1, 0.15) is 31.2 Å². The molecule has 0 spiro atoms. The van der Waals surface area contributed by atoms with E-state index in [1.54, 1.807) is 0 Å². The molecule has 1 heterocycles. The molecule has 1 saturated heterocycles. The van der Waals surface area contributed by atoms with E-state index in [0.29, 0.717) is 0 Å². The van der Waals surface area contributed by atoms with Gasteiger partial charge in [0.25, 0.3) is 0 Å². The molecular weight excluding hydrogens is 276 g/mol. The van der Waals surface area contributed by atoms with Gasteiger partial charge >= 0.3 is 6.03 Å². The van der Waals surface area contributed by atoms with E-state index in [4.69, 9.17) is 4.74 Å². The van der Waals surface area contributed by atoms with Crippen molar-refractivity contribution in [2.75, 3.05) is 26.2 Å². The number of nitrogens with one attached hydrogen (secondary N) is 1. The number of amides is 2. The number of ether oxygens (including phenoxy) is 1. The lowest BCUT2D eigenvalue weighted by Gasteiger charge is -2.17. The highest BCUT2D eigenvalue weighted by molar-refractivity contribution is 5.74. The molecule has 1 aliphatic carbocycles. The first-order valence-electron chi connectivity index (χ1n) is 8.49. The van der Waals surface area contributed by atoms with E-state index >= 15 is 0 Å². The van der Waals surface area contributed by atoms with Gasteiger partial charge in [-0.1, -0.05) is 30.3 Å². The summed E-state index contributed by atoms with van der Waals surface area (Å²) in [6, 6.07) is 10.5. The fourth-order valence-electron chi connectivity index (χ4n) is 2.85. The predicted molar refractivity (Wildman–Crippen MR) is 86.8 cm³/mol. The SMILES string of the molecule is O=C(NCCCc1ccccc1)N1CCC(OCC2CC2)C1. The Labute approximate surface area is 132 Å². The van der Waals surface area contributed by atoms with Crippen molar-refractivity contribution in [3.05, 3.63) is 35.9 Å². The third-order valence-electron chi connectivity index (χ3n) is 4.46. The van der Waals surface area contributed by atoms with Crippen LogP contribution in [0, 0.1) is 5.92 Å². The maximum absolute atomic E-state index is 12.1. The zero-order chi connectivity index (χ0) is 15.2. The summed E-state index contributed by atoms with van der Waals surface area (Å²) in [6.45, 7) is 3.19. The second kappa shape index (κ2) is 7.63. The third kappa shape index (κ3) is 4.73. The maximum atomic E-state index is 12.1. The van der Waals surface area contributed by atoms with Crippen LogP contribution in [0.2, 0.25) is 0 Å². The van der Waals surface area contributed by atoms with E-state index < -0.39 is 0 Å². The van der Waals surface area contributed by atoms with Crippen molar-refractivity contribution in [1.82, 2.24) is 10.2 Å². The fraction of sp³-hybridized carbons (Fsp3) is 0.611. The molecule has 1 unspecified atom stereocenters. The zero-order valence-corrected chi connectivity index (χ0v) is 13.2. The van der Waals surface area contributed by atoms with Crippen molar-refractivity contribution >= 4 is 6.03 Å². The number of nitrogens with zero attached hydrogens (tertiary/aromatic N) is 1. The molecule has 0 radical (unpaired) electrons. The number of rotatable bonds is 7. The number of urea groups is 1. The molecule has 120 valence electrons. The van der Waals surface area contributed by atoms with Crippen molar-refractivity contribution in [2.45, 2.75) is 38.2 Å². The first-order chi connectivity index (χ1) is 10.8. The zero-order valence-electron chi connectivity index (χ0n) is 13.2. The molecule has 0 aromatic heterocycles. The Balaban J connectivity index is 1.29. The van der Waals surface area contributed by atoms with Gasteiger partial charge in [-0.2, -0.15) is 0 Å². The largest absolute Gasteiger partial charge is 0.376 e. The minimum absolute atomic E-state index is 0.0607. The second-order valence-corrected chi connectivity index (χ2v) is 6.45. The van der Waals surface area contributed by atoms with Crippen molar-refractivity contribution in [1.29, 1.82) is 0 Å². The van der Waals surface area contributed by atoms with Crippen molar-refractivity contribution in [3.8, 4) is 0 Å². The Morgan fingerprint density at radius 1 is 1.23 bits per heavy atom.